The fraction of sp³-hybridized carbons (Fsp3) is 0.333. The number of nitrogens with zero attached hydrogens (tertiary/aromatic N) is 5. The summed E-state index contributed by atoms with van der Waals surface area (Å²) in [6.45, 7) is 0. The molecule has 2 N–H and O–H groups in total. The molecule has 27 heavy (non-hydrogen) atoms. The summed E-state index contributed by atoms with van der Waals surface area (Å²) in [6, 6.07) is 5.50. The first-order valence-corrected chi connectivity index (χ1v) is 9.55. The normalized spacial score (nSPS) is 10.6. The molecular formula is C18H21N7OS. The SMILES string of the molecule is CNc1cnc(CCCCc2nnc(NC(=O)Cc3ccccn3)s2)cn1. The highest BCUT2D eigenvalue weighted by Crippen LogP contribution is 2.18. The van der Waals surface area contributed by atoms with Gasteiger partial charge in [0.1, 0.15) is 10.8 Å². The Labute approximate surface area is 161 Å². The molecule has 3 rings (SSSR count). The molecule has 0 saturated heterocycles. The molecule has 0 bridgehead atoms. The van der Waals surface area contributed by atoms with Crippen LogP contribution in [0.2, 0.25) is 0 Å². The van der Waals surface area contributed by atoms with Crippen LogP contribution < -0.4 is 10.6 Å². The van der Waals surface area contributed by atoms with Gasteiger partial charge < -0.3 is 10.6 Å². The van der Waals surface area contributed by atoms with E-state index in [2.05, 4.69) is 35.8 Å². The zero-order chi connectivity index (χ0) is 18.9. The molecule has 3 heterocycles. The lowest BCUT2D eigenvalue weighted by Crippen LogP contribution is -2.14. The van der Waals surface area contributed by atoms with E-state index >= 15 is 0 Å². The molecule has 0 spiro atoms. The summed E-state index contributed by atoms with van der Waals surface area (Å²) in [5, 5.41) is 15.4. The van der Waals surface area contributed by atoms with Crippen molar-refractivity contribution < 1.29 is 4.79 Å². The minimum absolute atomic E-state index is 0.139. The fourth-order valence-corrected chi connectivity index (χ4v) is 3.23. The number of aromatic nitrogens is 5. The highest BCUT2D eigenvalue weighted by molar-refractivity contribution is 7.15. The third-order valence-corrected chi connectivity index (χ3v) is 4.71. The number of nitrogens with one attached hydrogen (secondary N) is 2. The third kappa shape index (κ3) is 6.07. The third-order valence-electron chi connectivity index (χ3n) is 3.82. The van der Waals surface area contributed by atoms with Crippen molar-refractivity contribution in [1.29, 1.82) is 0 Å². The molecule has 0 unspecified atom stereocenters. The number of carbonyl (C=O) groups excluding carboxylic acids is 1. The van der Waals surface area contributed by atoms with E-state index in [1.165, 1.54) is 11.3 Å². The van der Waals surface area contributed by atoms with Gasteiger partial charge in [0.15, 0.2) is 0 Å². The van der Waals surface area contributed by atoms with Crippen molar-refractivity contribution in [2.45, 2.75) is 32.1 Å². The second kappa shape index (κ2) is 9.67. The van der Waals surface area contributed by atoms with Crippen molar-refractivity contribution >= 4 is 28.2 Å². The van der Waals surface area contributed by atoms with E-state index in [1.807, 2.05) is 25.2 Å². The summed E-state index contributed by atoms with van der Waals surface area (Å²) in [6.07, 6.45) is 9.11. The Morgan fingerprint density at radius 1 is 1.04 bits per heavy atom. The number of pyridine rings is 1. The predicted molar refractivity (Wildman–Crippen MR) is 105 cm³/mol. The first-order chi connectivity index (χ1) is 13.2. The largest absolute Gasteiger partial charge is 0.372 e. The Morgan fingerprint density at radius 3 is 2.67 bits per heavy atom. The molecule has 3 aromatic heterocycles. The highest BCUT2D eigenvalue weighted by atomic mass is 32.1. The van der Waals surface area contributed by atoms with Crippen LogP contribution in [0.5, 0.6) is 0 Å². The number of amides is 1. The number of unbranched alkanes of at least 4 members (excludes halogenated alkanes) is 1. The Morgan fingerprint density at radius 2 is 1.93 bits per heavy atom. The zero-order valence-electron chi connectivity index (χ0n) is 15.1. The molecule has 0 radical (unpaired) electrons. The quantitative estimate of drug-likeness (QED) is 0.547. The second-order valence-electron chi connectivity index (χ2n) is 5.90. The van der Waals surface area contributed by atoms with E-state index in [4.69, 9.17) is 0 Å². The maximum Gasteiger partial charge on any atom is 0.232 e. The minimum atomic E-state index is -0.139. The number of hydrogen-bond acceptors (Lipinski definition) is 8. The Hall–Kier alpha value is -2.94. The number of carbonyl (C=O) groups is 1. The molecule has 0 aromatic carbocycles. The Bertz CT molecular complexity index is 852. The van der Waals surface area contributed by atoms with Crippen LogP contribution in [-0.4, -0.2) is 38.1 Å². The molecule has 1 amide bonds. The van der Waals surface area contributed by atoms with Crippen molar-refractivity contribution in [3.8, 4) is 0 Å². The van der Waals surface area contributed by atoms with E-state index in [-0.39, 0.29) is 12.3 Å². The summed E-state index contributed by atoms with van der Waals surface area (Å²) in [7, 11) is 1.82. The lowest BCUT2D eigenvalue weighted by molar-refractivity contribution is -0.115. The van der Waals surface area contributed by atoms with Crippen molar-refractivity contribution in [2.24, 2.45) is 0 Å². The maximum atomic E-state index is 12.0. The molecule has 0 atom stereocenters. The zero-order valence-corrected chi connectivity index (χ0v) is 15.9. The topological polar surface area (TPSA) is 106 Å². The van der Waals surface area contributed by atoms with E-state index < -0.39 is 0 Å². The molecule has 3 aromatic rings. The van der Waals surface area contributed by atoms with E-state index in [0.717, 1.165) is 47.9 Å². The molecule has 8 nitrogen and oxygen atoms in total. The van der Waals surface area contributed by atoms with Crippen molar-refractivity contribution in [1.82, 2.24) is 25.1 Å². The standard InChI is InChI=1S/C18H21N7OS/c1-19-15-12-21-14(11-22-15)7-2-3-8-17-24-25-18(27-17)23-16(26)10-13-6-4-5-9-20-13/h4-6,9,11-12H,2-3,7-8,10H2,1H3,(H,19,22)(H,23,25,26). The summed E-state index contributed by atoms with van der Waals surface area (Å²) in [4.78, 5) is 24.8. The van der Waals surface area contributed by atoms with Crippen LogP contribution in [0.4, 0.5) is 10.9 Å². The van der Waals surface area contributed by atoms with Crippen molar-refractivity contribution in [2.75, 3.05) is 17.7 Å². The summed E-state index contributed by atoms with van der Waals surface area (Å²) in [5.74, 6) is 0.630. The predicted octanol–water partition coefficient (Wildman–Crippen LogP) is 2.51. The Kier molecular flexibility index (Phi) is 6.75. The van der Waals surface area contributed by atoms with E-state index in [0.29, 0.717) is 5.13 Å². The lowest BCUT2D eigenvalue weighted by atomic mass is 10.1. The first-order valence-electron chi connectivity index (χ1n) is 8.74. The van der Waals surface area contributed by atoms with Crippen LogP contribution in [0.3, 0.4) is 0 Å². The van der Waals surface area contributed by atoms with Crippen LogP contribution in [0.15, 0.2) is 36.8 Å². The molecule has 0 aliphatic heterocycles. The van der Waals surface area contributed by atoms with Crippen molar-refractivity contribution in [3.63, 3.8) is 0 Å². The average molecular weight is 383 g/mol. The Balaban J connectivity index is 1.39. The van der Waals surface area contributed by atoms with Gasteiger partial charge in [-0.05, 0) is 31.4 Å². The van der Waals surface area contributed by atoms with E-state index in [1.54, 1.807) is 18.6 Å². The van der Waals surface area contributed by atoms with Gasteiger partial charge in [-0.15, -0.1) is 10.2 Å². The van der Waals surface area contributed by atoms with Gasteiger partial charge in [0.25, 0.3) is 0 Å². The van der Waals surface area contributed by atoms with E-state index in [9.17, 15) is 4.79 Å². The van der Waals surface area contributed by atoms with Gasteiger partial charge in [-0.1, -0.05) is 17.4 Å². The van der Waals surface area contributed by atoms with Gasteiger partial charge >= 0.3 is 0 Å². The molecule has 0 fully saturated rings. The summed E-state index contributed by atoms with van der Waals surface area (Å²) >= 11 is 1.41. The molecule has 0 saturated carbocycles. The monoisotopic (exact) mass is 383 g/mol. The van der Waals surface area contributed by atoms with Gasteiger partial charge in [-0.25, -0.2) is 4.98 Å². The molecule has 9 heteroatoms. The average Bonchev–Trinajstić information content (AvgIpc) is 3.13. The van der Waals surface area contributed by atoms with Gasteiger partial charge in [-0.2, -0.15) is 0 Å². The summed E-state index contributed by atoms with van der Waals surface area (Å²) in [5.41, 5.74) is 1.71. The van der Waals surface area contributed by atoms with Crippen LogP contribution in [-0.2, 0) is 24.1 Å². The number of rotatable bonds is 9. The molecule has 0 aliphatic carbocycles. The maximum absolute atomic E-state index is 12.0. The van der Waals surface area contributed by atoms with Gasteiger partial charge in [0.2, 0.25) is 11.0 Å². The minimum Gasteiger partial charge on any atom is -0.372 e. The first kappa shape index (κ1) is 18.8. The highest BCUT2D eigenvalue weighted by Gasteiger charge is 2.09. The van der Waals surface area contributed by atoms with Crippen LogP contribution >= 0.6 is 11.3 Å². The molecular weight excluding hydrogens is 362 g/mol. The van der Waals surface area contributed by atoms with Gasteiger partial charge in [-0.3, -0.25) is 14.8 Å². The number of aryl methyl sites for hydroxylation is 2. The lowest BCUT2D eigenvalue weighted by Gasteiger charge is -2.01. The number of anilines is 2. The van der Waals surface area contributed by atoms with Crippen LogP contribution in [0, 0.1) is 0 Å². The molecule has 0 aliphatic rings. The number of hydrogen-bond donors (Lipinski definition) is 2. The van der Waals surface area contributed by atoms with Crippen LogP contribution in [0.25, 0.3) is 0 Å². The van der Waals surface area contributed by atoms with Crippen LogP contribution in [0.1, 0.15) is 29.2 Å². The van der Waals surface area contributed by atoms with Gasteiger partial charge in [0, 0.05) is 25.4 Å². The second-order valence-corrected chi connectivity index (χ2v) is 6.96. The smallest absolute Gasteiger partial charge is 0.232 e. The van der Waals surface area contributed by atoms with Gasteiger partial charge in [0.05, 0.1) is 24.5 Å². The fourth-order valence-electron chi connectivity index (χ4n) is 2.43. The van der Waals surface area contributed by atoms with Crippen molar-refractivity contribution in [3.05, 3.63) is 53.2 Å². The summed E-state index contributed by atoms with van der Waals surface area (Å²) < 4.78 is 0. The molecule has 140 valence electrons.